The summed E-state index contributed by atoms with van der Waals surface area (Å²) in [4.78, 5) is 13.0. The number of thiophene rings is 1. The smallest absolute Gasteiger partial charge is 0.258 e. The molecule has 0 saturated carbocycles. The van der Waals surface area contributed by atoms with Crippen LogP contribution in [0.5, 0.6) is 5.75 Å². The number of carbonyl (C=O) groups excluding carboxylic acids is 1. The maximum Gasteiger partial charge on any atom is 0.258 e. The largest absolute Gasteiger partial charge is 0.485 e. The Hall–Kier alpha value is -2.59. The van der Waals surface area contributed by atoms with Crippen LogP contribution < -0.4 is 10.5 Å². The average molecular weight is 422 g/mol. The maximum absolute atomic E-state index is 11.4. The molecule has 2 N–H and O–H groups in total. The second kappa shape index (κ2) is 8.65. The molecular weight excluding hydrogens is 390 g/mol. The van der Waals surface area contributed by atoms with E-state index in [9.17, 15) is 4.79 Å². The maximum atomic E-state index is 11.4. The molecular formula is C26H31NO2S. The number of primary amides is 1. The minimum Gasteiger partial charge on any atom is -0.485 e. The van der Waals surface area contributed by atoms with Gasteiger partial charge in [0.25, 0.3) is 5.91 Å². The van der Waals surface area contributed by atoms with Gasteiger partial charge in [-0.3, -0.25) is 4.79 Å². The fourth-order valence-corrected chi connectivity index (χ4v) is 4.72. The third-order valence-corrected chi connectivity index (χ3v) is 6.57. The average Bonchev–Trinajstić information content (AvgIpc) is 3.15. The van der Waals surface area contributed by atoms with Gasteiger partial charge in [0.2, 0.25) is 0 Å². The fourth-order valence-electron chi connectivity index (χ4n) is 3.75. The van der Waals surface area contributed by atoms with E-state index in [0.29, 0.717) is 4.88 Å². The molecule has 1 unspecified atom stereocenters. The van der Waals surface area contributed by atoms with Gasteiger partial charge in [0.05, 0.1) is 4.88 Å². The first-order valence-corrected chi connectivity index (χ1v) is 11.2. The molecule has 4 heteroatoms. The molecule has 0 saturated heterocycles. The van der Waals surface area contributed by atoms with Crippen LogP contribution in [0.1, 0.15) is 71.5 Å². The number of ether oxygens (including phenoxy) is 1. The molecule has 0 bridgehead atoms. The zero-order valence-electron chi connectivity index (χ0n) is 18.7. The van der Waals surface area contributed by atoms with Crippen LogP contribution in [-0.4, -0.2) is 5.91 Å². The summed E-state index contributed by atoms with van der Waals surface area (Å²) >= 11 is 1.41. The molecule has 0 spiro atoms. The van der Waals surface area contributed by atoms with Crippen LogP contribution in [0.25, 0.3) is 11.1 Å². The number of rotatable bonds is 6. The van der Waals surface area contributed by atoms with Crippen LogP contribution in [-0.2, 0) is 5.41 Å². The summed E-state index contributed by atoms with van der Waals surface area (Å²) in [7, 11) is 0. The third kappa shape index (κ3) is 4.76. The van der Waals surface area contributed by atoms with Gasteiger partial charge in [0.15, 0.2) is 0 Å². The Morgan fingerprint density at radius 1 is 1.03 bits per heavy atom. The van der Waals surface area contributed by atoms with Gasteiger partial charge < -0.3 is 10.5 Å². The molecule has 1 aromatic heterocycles. The van der Waals surface area contributed by atoms with E-state index in [2.05, 4.69) is 77.9 Å². The minimum absolute atomic E-state index is 0.0983. The van der Waals surface area contributed by atoms with Crippen molar-refractivity contribution >= 4 is 17.2 Å². The Labute approximate surface area is 183 Å². The van der Waals surface area contributed by atoms with Crippen LogP contribution in [0.2, 0.25) is 0 Å². The van der Waals surface area contributed by atoms with Gasteiger partial charge in [-0.25, -0.2) is 0 Å². The summed E-state index contributed by atoms with van der Waals surface area (Å²) < 4.78 is 6.32. The number of carbonyl (C=O) groups is 1. The Morgan fingerprint density at radius 2 is 1.63 bits per heavy atom. The third-order valence-electron chi connectivity index (χ3n) is 5.38. The second-order valence-corrected chi connectivity index (χ2v) is 9.96. The van der Waals surface area contributed by atoms with E-state index in [-0.39, 0.29) is 11.5 Å². The molecule has 158 valence electrons. The molecule has 2 aromatic carbocycles. The lowest BCUT2D eigenvalue weighted by molar-refractivity contribution is 0.100. The van der Waals surface area contributed by atoms with Crippen molar-refractivity contribution in [1.29, 1.82) is 0 Å². The van der Waals surface area contributed by atoms with Crippen LogP contribution in [0.3, 0.4) is 0 Å². The summed E-state index contributed by atoms with van der Waals surface area (Å²) in [6.45, 7) is 13.0. The first-order chi connectivity index (χ1) is 14.1. The molecule has 0 radical (unpaired) electrons. The predicted molar refractivity (Wildman–Crippen MR) is 127 cm³/mol. The first-order valence-electron chi connectivity index (χ1n) is 10.4. The van der Waals surface area contributed by atoms with Crippen LogP contribution >= 0.6 is 11.3 Å². The van der Waals surface area contributed by atoms with E-state index >= 15 is 0 Å². The number of benzene rings is 2. The number of hydrogen-bond acceptors (Lipinski definition) is 3. The summed E-state index contributed by atoms with van der Waals surface area (Å²) in [6.07, 6.45) is 0.714. The summed E-state index contributed by atoms with van der Waals surface area (Å²) in [6, 6.07) is 16.8. The van der Waals surface area contributed by atoms with Gasteiger partial charge in [-0.1, -0.05) is 52.0 Å². The van der Waals surface area contributed by atoms with E-state index < -0.39 is 5.91 Å². The lowest BCUT2D eigenvalue weighted by Gasteiger charge is -2.21. The highest BCUT2D eigenvalue weighted by Crippen LogP contribution is 2.35. The predicted octanol–water partition coefficient (Wildman–Crippen LogP) is 6.96. The molecule has 1 atom stereocenters. The van der Waals surface area contributed by atoms with E-state index in [0.717, 1.165) is 17.0 Å². The van der Waals surface area contributed by atoms with Gasteiger partial charge in [0, 0.05) is 4.88 Å². The van der Waals surface area contributed by atoms with E-state index in [1.54, 1.807) is 6.07 Å². The van der Waals surface area contributed by atoms with Crippen molar-refractivity contribution in [3.8, 4) is 16.9 Å². The van der Waals surface area contributed by atoms with Crippen LogP contribution in [0.4, 0.5) is 0 Å². The highest BCUT2D eigenvalue weighted by Gasteiger charge is 2.18. The molecule has 1 heterocycles. The zero-order valence-corrected chi connectivity index (χ0v) is 19.5. The van der Waals surface area contributed by atoms with Crippen molar-refractivity contribution in [1.82, 2.24) is 0 Å². The van der Waals surface area contributed by atoms with Gasteiger partial charge >= 0.3 is 0 Å². The molecule has 30 heavy (non-hydrogen) atoms. The molecule has 3 rings (SSSR count). The van der Waals surface area contributed by atoms with Crippen molar-refractivity contribution in [2.45, 2.75) is 59.5 Å². The van der Waals surface area contributed by atoms with Crippen LogP contribution in [0.15, 0.2) is 48.5 Å². The Morgan fingerprint density at radius 3 is 2.10 bits per heavy atom. The Bertz CT molecular complexity index is 1020. The van der Waals surface area contributed by atoms with E-state index in [1.165, 1.54) is 39.2 Å². The fraction of sp³-hybridized carbons (Fsp3) is 0.346. The molecule has 0 fully saturated rings. The first kappa shape index (κ1) is 22.1. The molecule has 0 aliphatic rings. The second-order valence-electron chi connectivity index (χ2n) is 8.84. The lowest BCUT2D eigenvalue weighted by Crippen LogP contribution is -2.10. The van der Waals surface area contributed by atoms with Crippen molar-refractivity contribution < 1.29 is 9.53 Å². The van der Waals surface area contributed by atoms with Gasteiger partial charge in [-0.2, -0.15) is 0 Å². The Kier molecular flexibility index (Phi) is 6.37. The van der Waals surface area contributed by atoms with Crippen molar-refractivity contribution in [2.24, 2.45) is 5.73 Å². The van der Waals surface area contributed by atoms with E-state index in [4.69, 9.17) is 10.5 Å². The lowest BCUT2D eigenvalue weighted by atomic mass is 9.85. The minimum atomic E-state index is -0.394. The summed E-state index contributed by atoms with van der Waals surface area (Å²) in [5.74, 6) is 0.454. The highest BCUT2D eigenvalue weighted by molar-refractivity contribution is 7.14. The highest BCUT2D eigenvalue weighted by atomic mass is 32.1. The van der Waals surface area contributed by atoms with E-state index in [1.807, 2.05) is 6.07 Å². The Balaban J connectivity index is 1.87. The zero-order chi connectivity index (χ0) is 22.1. The van der Waals surface area contributed by atoms with Crippen molar-refractivity contribution in [2.75, 3.05) is 0 Å². The van der Waals surface area contributed by atoms with Crippen molar-refractivity contribution in [3.63, 3.8) is 0 Å². The molecule has 0 aliphatic heterocycles. The standard InChI is InChI=1S/C26H31NO2S/c1-7-21(22-12-13-23(30-22)25(27)28)29-20-14-16(2)24(17(3)15-20)18-8-10-19(11-9-18)26(4,5)6/h8-15,21H,7H2,1-6H3,(H2,27,28). The monoisotopic (exact) mass is 421 g/mol. The summed E-state index contributed by atoms with van der Waals surface area (Å²) in [5, 5.41) is 0. The SMILES string of the molecule is CCC(Oc1cc(C)c(-c2ccc(C(C)(C)C)cc2)c(C)c1)c1ccc(C(N)=O)s1. The normalized spacial score (nSPS) is 12.6. The molecule has 1 amide bonds. The topological polar surface area (TPSA) is 52.3 Å². The van der Waals surface area contributed by atoms with Gasteiger partial charge in [-0.15, -0.1) is 11.3 Å². The quantitative estimate of drug-likeness (QED) is 0.468. The number of amides is 1. The molecule has 0 aliphatic carbocycles. The number of nitrogens with two attached hydrogens (primary N) is 1. The van der Waals surface area contributed by atoms with Gasteiger partial charge in [0.1, 0.15) is 11.9 Å². The van der Waals surface area contributed by atoms with Crippen LogP contribution in [0, 0.1) is 13.8 Å². The summed E-state index contributed by atoms with van der Waals surface area (Å²) in [5.41, 5.74) is 11.7. The number of hydrogen-bond donors (Lipinski definition) is 1. The molecule has 3 aromatic rings. The molecule has 3 nitrogen and oxygen atoms in total. The number of aryl methyl sites for hydroxylation is 2. The van der Waals surface area contributed by atoms with Crippen molar-refractivity contribution in [3.05, 3.63) is 75.0 Å². The van der Waals surface area contributed by atoms with Gasteiger partial charge in [-0.05, 0) is 77.8 Å².